The highest BCUT2D eigenvalue weighted by molar-refractivity contribution is 6.02. The van der Waals surface area contributed by atoms with Crippen LogP contribution in [0.25, 0.3) is 0 Å². The number of benzene rings is 3. The fourth-order valence-electron chi connectivity index (χ4n) is 5.97. The molecule has 4 atom stereocenters. The average Bonchev–Trinajstić information content (AvgIpc) is 3.61. The van der Waals surface area contributed by atoms with Gasteiger partial charge >= 0.3 is 17.9 Å². The van der Waals surface area contributed by atoms with E-state index in [0.29, 0.717) is 45.4 Å². The van der Waals surface area contributed by atoms with E-state index >= 15 is 0 Å². The predicted octanol–water partition coefficient (Wildman–Crippen LogP) is 3.97. The van der Waals surface area contributed by atoms with Crippen LogP contribution >= 0.6 is 0 Å². The molecule has 1 N–H and O–H groups in total. The SMILES string of the molecule is COc1cc(C2c3cc4c(cc3C(OC(=O)c3ccccc3C(=O)O)C3COC(=O)C23)OCO4)cc(OC)c1OC. The number of hydrogen-bond donors (Lipinski definition) is 1. The van der Waals surface area contributed by atoms with E-state index in [-0.39, 0.29) is 24.5 Å². The first-order valence-electron chi connectivity index (χ1n) is 12.8. The number of carboxylic acids is 1. The summed E-state index contributed by atoms with van der Waals surface area (Å²) in [6.07, 6.45) is -0.941. The highest BCUT2D eigenvalue weighted by Gasteiger charge is 2.54. The number of methoxy groups -OCH3 is 3. The number of fused-ring (bicyclic) bond motifs is 3. The largest absolute Gasteiger partial charge is 0.493 e. The third-order valence-electron chi connectivity index (χ3n) is 7.78. The van der Waals surface area contributed by atoms with Crippen LogP contribution in [-0.2, 0) is 14.3 Å². The van der Waals surface area contributed by atoms with E-state index in [1.165, 1.54) is 39.5 Å². The van der Waals surface area contributed by atoms with E-state index in [1.54, 1.807) is 30.3 Å². The van der Waals surface area contributed by atoms with Gasteiger partial charge in [0.1, 0.15) is 6.10 Å². The van der Waals surface area contributed by atoms with Crippen LogP contribution in [0.5, 0.6) is 28.7 Å². The Morgan fingerprint density at radius 3 is 2.10 bits per heavy atom. The van der Waals surface area contributed by atoms with Gasteiger partial charge in [0, 0.05) is 17.4 Å². The van der Waals surface area contributed by atoms with Crippen molar-refractivity contribution in [2.24, 2.45) is 11.8 Å². The Bertz CT molecular complexity index is 1540. The predicted molar refractivity (Wildman–Crippen MR) is 140 cm³/mol. The van der Waals surface area contributed by atoms with Gasteiger partial charge in [0.05, 0.1) is 45.0 Å². The van der Waals surface area contributed by atoms with Crippen LogP contribution in [0.4, 0.5) is 0 Å². The number of cyclic esters (lactones) is 1. The number of aromatic carboxylic acids is 1. The van der Waals surface area contributed by atoms with E-state index in [2.05, 4.69) is 0 Å². The van der Waals surface area contributed by atoms with Gasteiger partial charge in [0.2, 0.25) is 12.5 Å². The topological polar surface area (TPSA) is 136 Å². The van der Waals surface area contributed by atoms with Gasteiger partial charge in [0.25, 0.3) is 0 Å². The molecule has 0 bridgehead atoms. The van der Waals surface area contributed by atoms with Crippen molar-refractivity contribution >= 4 is 17.9 Å². The molecular weight excluding hydrogens is 536 g/mol. The maximum atomic E-state index is 13.4. The molecule has 3 aromatic rings. The summed E-state index contributed by atoms with van der Waals surface area (Å²) in [7, 11) is 4.51. The molecule has 0 aromatic heterocycles. The molecule has 3 aliphatic rings. The van der Waals surface area contributed by atoms with Gasteiger partial charge in [-0.1, -0.05) is 12.1 Å². The monoisotopic (exact) mass is 562 g/mol. The zero-order chi connectivity index (χ0) is 28.8. The Kier molecular flexibility index (Phi) is 6.56. The molecule has 2 heterocycles. The second-order valence-electron chi connectivity index (χ2n) is 9.77. The van der Waals surface area contributed by atoms with Gasteiger partial charge in [-0.2, -0.15) is 0 Å². The molecule has 0 amide bonds. The molecule has 0 radical (unpaired) electrons. The van der Waals surface area contributed by atoms with Crippen LogP contribution in [0.2, 0.25) is 0 Å². The molecule has 3 aromatic carbocycles. The summed E-state index contributed by atoms with van der Waals surface area (Å²) in [6.45, 7) is 0.00917. The van der Waals surface area contributed by atoms with Crippen LogP contribution in [0.3, 0.4) is 0 Å². The van der Waals surface area contributed by atoms with E-state index in [0.717, 1.165) is 0 Å². The molecule has 11 nitrogen and oxygen atoms in total. The van der Waals surface area contributed by atoms with Crippen molar-refractivity contribution in [3.63, 3.8) is 0 Å². The second-order valence-corrected chi connectivity index (χ2v) is 9.77. The lowest BCUT2D eigenvalue weighted by Crippen LogP contribution is -2.36. The van der Waals surface area contributed by atoms with Crippen molar-refractivity contribution in [3.05, 3.63) is 76.3 Å². The summed E-state index contributed by atoms with van der Waals surface area (Å²) in [6, 6.07) is 12.9. The summed E-state index contributed by atoms with van der Waals surface area (Å²) in [5.74, 6) is -2.29. The van der Waals surface area contributed by atoms with Crippen molar-refractivity contribution in [3.8, 4) is 28.7 Å². The fourth-order valence-corrected chi connectivity index (χ4v) is 5.97. The minimum Gasteiger partial charge on any atom is -0.493 e. The van der Waals surface area contributed by atoms with Gasteiger partial charge in [-0.25, -0.2) is 9.59 Å². The van der Waals surface area contributed by atoms with E-state index in [1.807, 2.05) is 0 Å². The van der Waals surface area contributed by atoms with Crippen molar-refractivity contribution in [1.82, 2.24) is 0 Å². The van der Waals surface area contributed by atoms with Gasteiger partial charge in [-0.3, -0.25) is 4.79 Å². The number of esters is 2. The van der Waals surface area contributed by atoms with E-state index in [4.69, 9.17) is 33.2 Å². The normalized spacial score (nSPS) is 21.8. The molecule has 4 unspecified atom stereocenters. The fraction of sp³-hybridized carbons (Fsp3) is 0.300. The molecule has 11 heteroatoms. The Hall–Kier alpha value is -4.93. The Labute approximate surface area is 234 Å². The Balaban J connectivity index is 1.52. The minimum atomic E-state index is -1.26. The van der Waals surface area contributed by atoms with Gasteiger partial charge < -0.3 is 38.3 Å². The van der Waals surface area contributed by atoms with Crippen LogP contribution in [0.15, 0.2) is 48.5 Å². The standard InChI is InChI=1S/C30H26O11/c1-35-22-8-14(9-23(36-2)27(22)37-3)24-17-10-20-21(40-13-39-20)11-18(17)26(19-12-38-30(34)25(19)24)41-29(33)16-7-5-4-6-15(16)28(31)32/h4-11,19,24-26H,12-13H2,1-3H3,(H,31,32). The second kappa shape index (κ2) is 10.2. The van der Waals surface area contributed by atoms with Crippen molar-refractivity contribution < 1.29 is 52.6 Å². The number of carbonyl (C=O) groups is 3. The lowest BCUT2D eigenvalue weighted by Gasteiger charge is -2.38. The smallest absolute Gasteiger partial charge is 0.339 e. The molecule has 1 saturated heterocycles. The Morgan fingerprint density at radius 2 is 1.49 bits per heavy atom. The number of carbonyl (C=O) groups excluding carboxylic acids is 2. The van der Waals surface area contributed by atoms with Crippen LogP contribution in [-0.4, -0.2) is 57.7 Å². The van der Waals surface area contributed by atoms with Crippen molar-refractivity contribution in [1.29, 1.82) is 0 Å². The van der Waals surface area contributed by atoms with Gasteiger partial charge in [-0.05, 0) is 47.5 Å². The summed E-state index contributed by atoms with van der Waals surface area (Å²) >= 11 is 0. The summed E-state index contributed by atoms with van der Waals surface area (Å²) in [4.78, 5) is 38.5. The van der Waals surface area contributed by atoms with Crippen molar-refractivity contribution in [2.75, 3.05) is 34.7 Å². The van der Waals surface area contributed by atoms with Crippen LogP contribution in [0.1, 0.15) is 49.4 Å². The molecule has 6 rings (SSSR count). The first-order chi connectivity index (χ1) is 19.9. The third-order valence-corrected chi connectivity index (χ3v) is 7.78. The first kappa shape index (κ1) is 26.3. The zero-order valence-electron chi connectivity index (χ0n) is 22.4. The molecule has 1 fully saturated rings. The summed E-state index contributed by atoms with van der Waals surface area (Å²) in [5, 5.41) is 9.62. The Morgan fingerprint density at radius 1 is 0.854 bits per heavy atom. The molecule has 0 spiro atoms. The number of carboxylic acid groups (broad SMARTS) is 1. The average molecular weight is 563 g/mol. The van der Waals surface area contributed by atoms with Crippen LogP contribution < -0.4 is 23.7 Å². The maximum Gasteiger partial charge on any atom is 0.339 e. The lowest BCUT2D eigenvalue weighted by molar-refractivity contribution is -0.141. The maximum absolute atomic E-state index is 13.4. The van der Waals surface area contributed by atoms with Crippen LogP contribution in [0, 0.1) is 11.8 Å². The van der Waals surface area contributed by atoms with Crippen molar-refractivity contribution in [2.45, 2.75) is 12.0 Å². The first-order valence-corrected chi connectivity index (χ1v) is 12.8. The van der Waals surface area contributed by atoms with E-state index in [9.17, 15) is 19.5 Å². The highest BCUT2D eigenvalue weighted by Crippen LogP contribution is 2.56. The van der Waals surface area contributed by atoms with Gasteiger partial charge in [-0.15, -0.1) is 0 Å². The highest BCUT2D eigenvalue weighted by atomic mass is 16.7. The molecular formula is C30H26O11. The lowest BCUT2D eigenvalue weighted by atomic mass is 9.66. The summed E-state index contributed by atoms with van der Waals surface area (Å²) in [5.41, 5.74) is 1.65. The number of rotatable bonds is 7. The molecule has 2 aliphatic heterocycles. The minimum absolute atomic E-state index is 0.00314. The third kappa shape index (κ3) is 4.24. The van der Waals surface area contributed by atoms with E-state index < -0.39 is 41.8 Å². The number of ether oxygens (including phenoxy) is 7. The number of hydrogen-bond acceptors (Lipinski definition) is 10. The molecule has 212 valence electrons. The summed E-state index contributed by atoms with van der Waals surface area (Å²) < 4.78 is 39.5. The van der Waals surface area contributed by atoms with Gasteiger partial charge in [0.15, 0.2) is 23.0 Å². The molecule has 1 aliphatic carbocycles. The zero-order valence-corrected chi connectivity index (χ0v) is 22.4. The molecule has 41 heavy (non-hydrogen) atoms. The molecule has 0 saturated carbocycles. The quantitative estimate of drug-likeness (QED) is 0.419.